The molecule has 2 heterocycles. The van der Waals surface area contributed by atoms with Crippen LogP contribution in [0.2, 0.25) is 0 Å². The van der Waals surface area contributed by atoms with Crippen LogP contribution in [0, 0.1) is 5.92 Å². The number of thioether (sulfide) groups is 1. The van der Waals surface area contributed by atoms with Crippen LogP contribution in [0.1, 0.15) is 22.5 Å². The summed E-state index contributed by atoms with van der Waals surface area (Å²) in [4.78, 5) is 12.7. The first-order valence-electron chi connectivity index (χ1n) is 7.69. The number of nitrogens with one attached hydrogen (secondary N) is 1. The molecule has 0 aromatic carbocycles. The summed E-state index contributed by atoms with van der Waals surface area (Å²) in [6.45, 7) is 1.38. The highest BCUT2D eigenvalue weighted by molar-refractivity contribution is 7.99. The van der Waals surface area contributed by atoms with Gasteiger partial charge in [-0.05, 0) is 30.2 Å². The molecule has 1 saturated carbocycles. The van der Waals surface area contributed by atoms with Crippen molar-refractivity contribution in [2.24, 2.45) is 11.7 Å². The fourth-order valence-corrected chi connectivity index (χ4v) is 6.47. The first kappa shape index (κ1) is 20.0. The minimum absolute atomic E-state index is 0. The van der Waals surface area contributed by atoms with Crippen molar-refractivity contribution in [1.82, 2.24) is 9.62 Å². The Morgan fingerprint density at radius 3 is 2.67 bits per heavy atom. The number of carbonyl (C=O) groups is 1. The number of nitrogens with two attached hydrogens (primary N) is 1. The van der Waals surface area contributed by atoms with Crippen molar-refractivity contribution < 1.29 is 13.2 Å². The molecule has 3 N–H and O–H groups in total. The maximum Gasteiger partial charge on any atom is 0.262 e. The molecule has 24 heavy (non-hydrogen) atoms. The number of hydrogen-bond acceptors (Lipinski definition) is 6. The first-order valence-corrected chi connectivity index (χ1v) is 11.2. The molecule has 2 aliphatic rings. The highest BCUT2D eigenvalue weighted by Crippen LogP contribution is 2.31. The lowest BCUT2D eigenvalue weighted by molar-refractivity contribution is 0.0951. The quantitative estimate of drug-likeness (QED) is 0.737. The van der Waals surface area contributed by atoms with Gasteiger partial charge in [-0.2, -0.15) is 16.1 Å². The minimum atomic E-state index is -3.60. The molecule has 6 nitrogen and oxygen atoms in total. The summed E-state index contributed by atoms with van der Waals surface area (Å²) >= 11 is 2.91. The maximum atomic E-state index is 12.7. The minimum Gasteiger partial charge on any atom is -0.350 e. The molecule has 0 radical (unpaired) electrons. The molecular weight excluding hydrogens is 390 g/mol. The number of sulfonamides is 1. The highest BCUT2D eigenvalue weighted by Gasteiger charge is 2.32. The first-order chi connectivity index (χ1) is 11.0. The van der Waals surface area contributed by atoms with Crippen LogP contribution >= 0.6 is 35.5 Å². The van der Waals surface area contributed by atoms with Crippen LogP contribution in [0.5, 0.6) is 0 Å². The Morgan fingerprint density at radius 1 is 1.38 bits per heavy atom. The van der Waals surface area contributed by atoms with E-state index in [-0.39, 0.29) is 34.1 Å². The van der Waals surface area contributed by atoms with Crippen LogP contribution in [0.3, 0.4) is 0 Å². The highest BCUT2D eigenvalue weighted by atomic mass is 35.5. The molecule has 1 aliphatic carbocycles. The number of nitrogens with zero attached hydrogens (tertiary/aromatic N) is 1. The molecule has 136 valence electrons. The summed E-state index contributed by atoms with van der Waals surface area (Å²) < 4.78 is 27.0. The number of rotatable bonds is 6. The van der Waals surface area contributed by atoms with Crippen molar-refractivity contribution in [2.75, 3.05) is 31.1 Å². The zero-order chi connectivity index (χ0) is 16.4. The topological polar surface area (TPSA) is 92.5 Å². The van der Waals surface area contributed by atoms with Gasteiger partial charge in [-0.3, -0.25) is 4.79 Å². The molecular formula is C14H22ClN3O3S3. The molecule has 1 amide bonds. The normalized spacial score (nSPS) is 20.2. The molecule has 3 rings (SSSR count). The van der Waals surface area contributed by atoms with E-state index in [1.54, 1.807) is 17.1 Å². The van der Waals surface area contributed by atoms with Crippen molar-refractivity contribution in [3.8, 4) is 0 Å². The van der Waals surface area contributed by atoms with Crippen LogP contribution in [-0.2, 0) is 10.0 Å². The van der Waals surface area contributed by atoms with Gasteiger partial charge in [0, 0.05) is 37.2 Å². The van der Waals surface area contributed by atoms with E-state index in [9.17, 15) is 13.2 Å². The molecule has 1 aromatic heterocycles. The van der Waals surface area contributed by atoms with E-state index in [0.29, 0.717) is 25.6 Å². The summed E-state index contributed by atoms with van der Waals surface area (Å²) in [5.74, 6) is 1.73. The lowest BCUT2D eigenvalue weighted by Crippen LogP contribution is -2.40. The van der Waals surface area contributed by atoms with Crippen LogP contribution < -0.4 is 11.1 Å². The average molecular weight is 412 g/mol. The zero-order valence-electron chi connectivity index (χ0n) is 13.1. The third kappa shape index (κ3) is 4.44. The van der Waals surface area contributed by atoms with E-state index in [2.05, 4.69) is 5.32 Å². The molecule has 1 aromatic rings. The standard InChI is InChI=1S/C14H21N3O3S3.ClH/c15-11(10-1-2-10)9-16-14(18)13-12(3-6-22-13)23(19,20)17-4-7-21-8-5-17;/h3,6,10-11H,1-2,4-5,7-9,15H2,(H,16,18);1H. The Labute approximate surface area is 157 Å². The number of thiophene rings is 1. The molecule has 1 unspecified atom stereocenters. The van der Waals surface area contributed by atoms with E-state index in [0.717, 1.165) is 35.7 Å². The van der Waals surface area contributed by atoms with Crippen molar-refractivity contribution in [1.29, 1.82) is 0 Å². The molecule has 1 aliphatic heterocycles. The smallest absolute Gasteiger partial charge is 0.262 e. The second-order valence-electron chi connectivity index (χ2n) is 5.84. The van der Waals surface area contributed by atoms with Crippen LogP contribution in [0.4, 0.5) is 0 Å². The Bertz CT molecular complexity index is 670. The fourth-order valence-electron chi connectivity index (χ4n) is 2.57. The average Bonchev–Trinajstić information content (AvgIpc) is 3.29. The third-order valence-corrected chi connectivity index (χ3v) is 8.07. The van der Waals surface area contributed by atoms with Gasteiger partial charge in [-0.1, -0.05) is 0 Å². The monoisotopic (exact) mass is 411 g/mol. The van der Waals surface area contributed by atoms with Gasteiger partial charge in [0.1, 0.15) is 9.77 Å². The number of carbonyl (C=O) groups excluding carboxylic acids is 1. The van der Waals surface area contributed by atoms with Gasteiger partial charge < -0.3 is 11.1 Å². The largest absolute Gasteiger partial charge is 0.350 e. The predicted octanol–water partition coefficient (Wildman–Crippen LogP) is 1.37. The van der Waals surface area contributed by atoms with Crippen molar-refractivity contribution in [2.45, 2.75) is 23.8 Å². The second-order valence-corrected chi connectivity index (χ2v) is 9.89. The molecule has 1 atom stereocenters. The second kappa shape index (κ2) is 8.37. The summed E-state index contributed by atoms with van der Waals surface area (Å²) in [5, 5.41) is 4.44. The summed E-state index contributed by atoms with van der Waals surface area (Å²) in [7, 11) is -3.60. The lowest BCUT2D eigenvalue weighted by atomic mass is 10.2. The van der Waals surface area contributed by atoms with Gasteiger partial charge in [0.05, 0.1) is 0 Å². The lowest BCUT2D eigenvalue weighted by Gasteiger charge is -2.25. The van der Waals surface area contributed by atoms with Gasteiger partial charge in [-0.25, -0.2) is 8.42 Å². The fraction of sp³-hybridized carbons (Fsp3) is 0.643. The Hall–Kier alpha value is -0.320. The van der Waals surface area contributed by atoms with E-state index in [1.807, 2.05) is 0 Å². The summed E-state index contributed by atoms with van der Waals surface area (Å²) in [5.41, 5.74) is 5.98. The zero-order valence-corrected chi connectivity index (χ0v) is 16.4. The van der Waals surface area contributed by atoms with E-state index in [1.165, 1.54) is 10.4 Å². The third-order valence-electron chi connectivity index (χ3n) is 4.15. The summed E-state index contributed by atoms with van der Waals surface area (Å²) in [6.07, 6.45) is 2.23. The molecule has 1 saturated heterocycles. The van der Waals surface area contributed by atoms with Gasteiger partial charge >= 0.3 is 0 Å². The Morgan fingerprint density at radius 2 is 2.04 bits per heavy atom. The molecule has 0 spiro atoms. The maximum absolute atomic E-state index is 12.7. The van der Waals surface area contributed by atoms with Crippen LogP contribution in [0.15, 0.2) is 16.3 Å². The molecule has 10 heteroatoms. The Balaban J connectivity index is 0.00000208. The van der Waals surface area contributed by atoms with Crippen LogP contribution in [-0.4, -0.2) is 55.8 Å². The van der Waals surface area contributed by atoms with Crippen molar-refractivity contribution >= 4 is 51.4 Å². The van der Waals surface area contributed by atoms with Gasteiger partial charge in [-0.15, -0.1) is 23.7 Å². The van der Waals surface area contributed by atoms with E-state index >= 15 is 0 Å². The number of hydrogen-bond donors (Lipinski definition) is 2. The summed E-state index contributed by atoms with van der Waals surface area (Å²) in [6, 6.07) is 1.48. The predicted molar refractivity (Wildman–Crippen MR) is 101 cm³/mol. The van der Waals surface area contributed by atoms with Crippen molar-refractivity contribution in [3.63, 3.8) is 0 Å². The van der Waals surface area contributed by atoms with E-state index in [4.69, 9.17) is 5.73 Å². The van der Waals surface area contributed by atoms with E-state index < -0.39 is 10.0 Å². The molecule has 0 bridgehead atoms. The molecule has 2 fully saturated rings. The SMILES string of the molecule is Cl.NC(CNC(=O)c1sccc1S(=O)(=O)N1CCSCC1)C1CC1. The Kier molecular flexibility index (Phi) is 6.98. The number of amides is 1. The van der Waals surface area contributed by atoms with Crippen molar-refractivity contribution in [3.05, 3.63) is 16.3 Å². The van der Waals surface area contributed by atoms with Gasteiger partial charge in [0.25, 0.3) is 5.91 Å². The number of halogens is 1. The van der Waals surface area contributed by atoms with Crippen LogP contribution in [0.25, 0.3) is 0 Å². The van der Waals surface area contributed by atoms with Gasteiger partial charge in [0.2, 0.25) is 10.0 Å². The van der Waals surface area contributed by atoms with Gasteiger partial charge in [0.15, 0.2) is 0 Å².